The summed E-state index contributed by atoms with van der Waals surface area (Å²) < 4.78 is 27.2. The molecule has 0 aliphatic carbocycles. The van der Waals surface area contributed by atoms with Crippen LogP contribution in [-0.4, -0.2) is 35.1 Å². The highest BCUT2D eigenvalue weighted by Gasteiger charge is 2.27. The highest BCUT2D eigenvalue weighted by molar-refractivity contribution is 5.94. The molecule has 7 heteroatoms. The van der Waals surface area contributed by atoms with E-state index in [0.29, 0.717) is 25.9 Å². The number of amides is 1. The summed E-state index contributed by atoms with van der Waals surface area (Å²) in [7, 11) is 0. The highest BCUT2D eigenvalue weighted by atomic mass is 19.1. The lowest BCUT2D eigenvalue weighted by atomic mass is 9.92. The van der Waals surface area contributed by atoms with E-state index >= 15 is 0 Å². The van der Waals surface area contributed by atoms with Gasteiger partial charge >= 0.3 is 0 Å². The number of nitrogen functional groups attached to an aromatic ring is 1. The number of aliphatic hydroxyl groups is 1. The second kappa shape index (κ2) is 6.36. The van der Waals surface area contributed by atoms with Gasteiger partial charge in [0.15, 0.2) is 11.6 Å². The fourth-order valence-corrected chi connectivity index (χ4v) is 2.60. The third kappa shape index (κ3) is 3.30. The summed E-state index contributed by atoms with van der Waals surface area (Å²) in [5, 5.41) is 9.53. The number of hydrogen-bond acceptors (Lipinski definition) is 4. The van der Waals surface area contributed by atoms with Crippen LogP contribution in [0.15, 0.2) is 12.1 Å². The number of rotatable bonds is 3. The summed E-state index contributed by atoms with van der Waals surface area (Å²) in [6.07, 6.45) is 0.945. The Balaban J connectivity index is 2.11. The lowest BCUT2D eigenvalue weighted by molar-refractivity contribution is 0.0521. The number of hydrazine groups is 1. The van der Waals surface area contributed by atoms with Crippen LogP contribution in [0.1, 0.15) is 30.1 Å². The predicted molar refractivity (Wildman–Crippen MR) is 74.5 cm³/mol. The third-order valence-corrected chi connectivity index (χ3v) is 3.94. The zero-order chi connectivity index (χ0) is 15.6. The Bertz CT molecular complexity index is 506. The number of likely N-dealkylation sites (tertiary alicyclic amines) is 1. The Labute approximate surface area is 121 Å². The van der Waals surface area contributed by atoms with Gasteiger partial charge in [0.2, 0.25) is 0 Å². The first kappa shape index (κ1) is 15.7. The fourth-order valence-electron chi connectivity index (χ4n) is 2.60. The van der Waals surface area contributed by atoms with Crippen molar-refractivity contribution in [1.29, 1.82) is 0 Å². The van der Waals surface area contributed by atoms with Crippen molar-refractivity contribution in [2.24, 2.45) is 11.8 Å². The van der Waals surface area contributed by atoms with Crippen molar-refractivity contribution in [2.75, 3.05) is 18.5 Å². The van der Waals surface area contributed by atoms with Crippen molar-refractivity contribution in [3.8, 4) is 0 Å². The molecule has 1 aromatic rings. The van der Waals surface area contributed by atoms with Gasteiger partial charge in [-0.05, 0) is 37.8 Å². The molecule has 0 spiro atoms. The van der Waals surface area contributed by atoms with Crippen molar-refractivity contribution in [1.82, 2.24) is 4.90 Å². The van der Waals surface area contributed by atoms with Gasteiger partial charge < -0.3 is 15.4 Å². The van der Waals surface area contributed by atoms with Gasteiger partial charge in [-0.1, -0.05) is 0 Å². The number of benzene rings is 1. The number of aliphatic hydroxyl groups excluding tert-OH is 1. The topological polar surface area (TPSA) is 78.6 Å². The van der Waals surface area contributed by atoms with Crippen molar-refractivity contribution >= 4 is 11.6 Å². The van der Waals surface area contributed by atoms with Gasteiger partial charge in [-0.15, -0.1) is 0 Å². The Kier molecular flexibility index (Phi) is 4.74. The lowest BCUT2D eigenvalue weighted by Crippen LogP contribution is -2.40. The van der Waals surface area contributed by atoms with Crippen LogP contribution in [0, 0.1) is 17.6 Å². The summed E-state index contributed by atoms with van der Waals surface area (Å²) in [6, 6.07) is 1.95. The summed E-state index contributed by atoms with van der Waals surface area (Å²) in [6.45, 7) is 2.66. The van der Waals surface area contributed by atoms with E-state index in [1.807, 2.05) is 5.43 Å². The number of halogens is 2. The van der Waals surface area contributed by atoms with E-state index in [2.05, 4.69) is 0 Å². The number of carbonyl (C=O) groups excluding carboxylic acids is 1. The SMILES string of the molecule is CC(O)C1CCN(C(=O)c2cc(F)c(NN)c(F)c2)CC1. The van der Waals surface area contributed by atoms with Crippen LogP contribution >= 0.6 is 0 Å². The number of nitrogens with zero attached hydrogens (tertiary/aromatic N) is 1. The van der Waals surface area contributed by atoms with Crippen molar-refractivity contribution < 1.29 is 18.7 Å². The molecule has 1 heterocycles. The quantitative estimate of drug-likeness (QED) is 0.583. The van der Waals surface area contributed by atoms with Gasteiger partial charge in [0.25, 0.3) is 5.91 Å². The summed E-state index contributed by atoms with van der Waals surface area (Å²) in [4.78, 5) is 13.8. The smallest absolute Gasteiger partial charge is 0.254 e. The maximum atomic E-state index is 13.6. The molecule has 1 aliphatic heterocycles. The van der Waals surface area contributed by atoms with Gasteiger partial charge in [-0.3, -0.25) is 10.6 Å². The van der Waals surface area contributed by atoms with Gasteiger partial charge in [-0.25, -0.2) is 8.78 Å². The van der Waals surface area contributed by atoms with Crippen LogP contribution < -0.4 is 11.3 Å². The molecule has 4 N–H and O–H groups in total. The van der Waals surface area contributed by atoms with Crippen LogP contribution in [0.4, 0.5) is 14.5 Å². The Morgan fingerprint density at radius 2 is 1.90 bits per heavy atom. The largest absolute Gasteiger partial charge is 0.393 e. The molecule has 0 aromatic heterocycles. The van der Waals surface area contributed by atoms with Crippen LogP contribution in [0.5, 0.6) is 0 Å². The molecule has 1 atom stereocenters. The Morgan fingerprint density at radius 1 is 1.38 bits per heavy atom. The maximum Gasteiger partial charge on any atom is 0.254 e. The second-order valence-corrected chi connectivity index (χ2v) is 5.33. The molecule has 116 valence electrons. The van der Waals surface area contributed by atoms with Crippen LogP contribution in [-0.2, 0) is 0 Å². The molecule has 1 saturated heterocycles. The van der Waals surface area contributed by atoms with E-state index in [-0.39, 0.29) is 11.5 Å². The average Bonchev–Trinajstić information content (AvgIpc) is 2.46. The van der Waals surface area contributed by atoms with Crippen LogP contribution in [0.25, 0.3) is 0 Å². The third-order valence-electron chi connectivity index (χ3n) is 3.94. The maximum absolute atomic E-state index is 13.6. The molecular weight excluding hydrogens is 280 g/mol. The van der Waals surface area contributed by atoms with E-state index in [1.165, 1.54) is 0 Å². The number of nitrogens with two attached hydrogens (primary N) is 1. The average molecular weight is 299 g/mol. The van der Waals surface area contributed by atoms with Crippen molar-refractivity contribution in [2.45, 2.75) is 25.9 Å². The molecule has 0 bridgehead atoms. The van der Waals surface area contributed by atoms with Crippen molar-refractivity contribution in [3.05, 3.63) is 29.3 Å². The standard InChI is InChI=1S/C14H19F2N3O2/c1-8(20)9-2-4-19(5-3-9)14(21)10-6-11(15)13(18-17)12(16)7-10/h6-9,18,20H,2-5,17H2,1H3. The molecule has 21 heavy (non-hydrogen) atoms. The van der Waals surface area contributed by atoms with Gasteiger partial charge in [0.1, 0.15) is 5.69 Å². The van der Waals surface area contributed by atoms with Crippen LogP contribution in [0.2, 0.25) is 0 Å². The van der Waals surface area contributed by atoms with E-state index < -0.39 is 29.3 Å². The number of carbonyl (C=O) groups is 1. The monoisotopic (exact) mass is 299 g/mol. The molecule has 1 unspecified atom stereocenters. The molecule has 1 amide bonds. The van der Waals surface area contributed by atoms with Crippen LogP contribution in [0.3, 0.4) is 0 Å². The number of anilines is 1. The van der Waals surface area contributed by atoms with Gasteiger partial charge in [0, 0.05) is 18.7 Å². The second-order valence-electron chi connectivity index (χ2n) is 5.33. The van der Waals surface area contributed by atoms with E-state index in [4.69, 9.17) is 5.84 Å². The first-order valence-electron chi connectivity index (χ1n) is 6.87. The molecule has 1 aromatic carbocycles. The first-order valence-corrected chi connectivity index (χ1v) is 6.87. The number of hydrogen-bond donors (Lipinski definition) is 3. The summed E-state index contributed by atoms with van der Waals surface area (Å²) >= 11 is 0. The summed E-state index contributed by atoms with van der Waals surface area (Å²) in [5.74, 6) is 2.95. The molecular formula is C14H19F2N3O2. The zero-order valence-corrected chi connectivity index (χ0v) is 11.8. The fraction of sp³-hybridized carbons (Fsp3) is 0.500. The van der Waals surface area contributed by atoms with E-state index in [1.54, 1.807) is 11.8 Å². The molecule has 0 saturated carbocycles. The summed E-state index contributed by atoms with van der Waals surface area (Å²) in [5.41, 5.74) is 1.42. The first-order chi connectivity index (χ1) is 9.93. The Hall–Kier alpha value is -1.73. The minimum absolute atomic E-state index is 0.0421. The predicted octanol–water partition coefficient (Wildman–Crippen LogP) is 1.48. The van der Waals surface area contributed by atoms with Gasteiger partial charge in [0.05, 0.1) is 6.10 Å². The molecule has 1 fully saturated rings. The normalized spacial score (nSPS) is 17.7. The zero-order valence-electron chi connectivity index (χ0n) is 11.8. The molecule has 2 rings (SSSR count). The minimum Gasteiger partial charge on any atom is -0.393 e. The highest BCUT2D eigenvalue weighted by Crippen LogP contribution is 2.24. The number of nitrogens with one attached hydrogen (secondary N) is 1. The minimum atomic E-state index is -0.903. The molecule has 1 aliphatic rings. The number of piperidine rings is 1. The molecule has 0 radical (unpaired) electrons. The van der Waals surface area contributed by atoms with E-state index in [9.17, 15) is 18.7 Å². The Morgan fingerprint density at radius 3 is 2.33 bits per heavy atom. The van der Waals surface area contributed by atoms with E-state index in [0.717, 1.165) is 12.1 Å². The van der Waals surface area contributed by atoms with Gasteiger partial charge in [-0.2, -0.15) is 0 Å². The molecule has 5 nitrogen and oxygen atoms in total. The lowest BCUT2D eigenvalue weighted by Gasteiger charge is -2.33. The van der Waals surface area contributed by atoms with Crippen molar-refractivity contribution in [3.63, 3.8) is 0 Å².